The van der Waals surface area contributed by atoms with Crippen LogP contribution < -0.4 is 10.1 Å². The first-order chi connectivity index (χ1) is 8.65. The van der Waals surface area contributed by atoms with Gasteiger partial charge in [-0.3, -0.25) is 0 Å². The zero-order valence-electron chi connectivity index (χ0n) is 10.9. The maximum Gasteiger partial charge on any atom is 0.162 e. The molecule has 2 rings (SSSR count). The molecule has 1 aromatic carbocycles. The molecule has 100 valence electrons. The molecule has 0 spiro atoms. The molecule has 0 bridgehead atoms. The number of hydrogen-bond acceptors (Lipinski definition) is 3. The molecule has 1 saturated carbocycles. The molecule has 3 nitrogen and oxygen atoms in total. The normalized spacial score (nSPS) is 21.9. The van der Waals surface area contributed by atoms with Gasteiger partial charge in [-0.05, 0) is 24.8 Å². The lowest BCUT2D eigenvalue weighted by Crippen LogP contribution is -2.17. The molecule has 2 unspecified atom stereocenters. The molecule has 4 heteroatoms. The zero-order valence-corrected chi connectivity index (χ0v) is 11.6. The minimum absolute atomic E-state index is 0.182. The van der Waals surface area contributed by atoms with E-state index in [0.29, 0.717) is 23.4 Å². The average molecular weight is 270 g/mol. The van der Waals surface area contributed by atoms with E-state index in [1.54, 1.807) is 12.1 Å². The first kappa shape index (κ1) is 13.5. The van der Waals surface area contributed by atoms with Crippen LogP contribution in [0.4, 0.5) is 0 Å². The van der Waals surface area contributed by atoms with Crippen molar-refractivity contribution in [1.29, 1.82) is 0 Å². The third-order valence-corrected chi connectivity index (χ3v) is 3.69. The van der Waals surface area contributed by atoms with Gasteiger partial charge in [0.25, 0.3) is 0 Å². The monoisotopic (exact) mass is 269 g/mol. The summed E-state index contributed by atoms with van der Waals surface area (Å²) in [5.74, 6) is 1.42. The predicted octanol–water partition coefficient (Wildman–Crippen LogP) is 3.33. The molecule has 2 N–H and O–H groups in total. The first-order valence-electron chi connectivity index (χ1n) is 6.44. The van der Waals surface area contributed by atoms with Gasteiger partial charge in [-0.15, -0.1) is 0 Å². The highest BCUT2D eigenvalue weighted by Gasteiger charge is 2.35. The van der Waals surface area contributed by atoms with Gasteiger partial charge in [0, 0.05) is 29.2 Å². The molecule has 1 aliphatic rings. The van der Waals surface area contributed by atoms with Crippen LogP contribution in [0.3, 0.4) is 0 Å². The number of nitrogens with one attached hydrogen (secondary N) is 1. The molecule has 2 atom stereocenters. The van der Waals surface area contributed by atoms with E-state index in [9.17, 15) is 5.11 Å². The highest BCUT2D eigenvalue weighted by Crippen LogP contribution is 2.37. The van der Waals surface area contributed by atoms with Gasteiger partial charge < -0.3 is 15.2 Å². The number of aromatic hydroxyl groups is 1. The summed E-state index contributed by atoms with van der Waals surface area (Å²) in [5, 5.41) is 14.0. The second-order valence-corrected chi connectivity index (χ2v) is 5.32. The molecule has 0 saturated heterocycles. The van der Waals surface area contributed by atoms with E-state index in [1.807, 2.05) is 0 Å². The number of hydrogen-bond donors (Lipinski definition) is 2. The second-order valence-electron chi connectivity index (χ2n) is 4.89. The number of benzene rings is 1. The van der Waals surface area contributed by atoms with E-state index < -0.39 is 0 Å². The minimum Gasteiger partial charge on any atom is -0.504 e. The Kier molecular flexibility index (Phi) is 4.36. The molecule has 0 radical (unpaired) electrons. The Balaban J connectivity index is 1.95. The van der Waals surface area contributed by atoms with E-state index >= 15 is 0 Å². The van der Waals surface area contributed by atoms with Crippen molar-refractivity contribution in [1.82, 2.24) is 5.32 Å². The number of phenols is 1. The van der Waals surface area contributed by atoms with E-state index in [2.05, 4.69) is 12.2 Å². The van der Waals surface area contributed by atoms with Crippen molar-refractivity contribution >= 4 is 11.6 Å². The zero-order chi connectivity index (χ0) is 13.1. The number of phenolic OH excluding ortho intramolecular Hbond substituents is 1. The van der Waals surface area contributed by atoms with Crippen LogP contribution >= 0.6 is 11.6 Å². The smallest absolute Gasteiger partial charge is 0.162 e. The van der Waals surface area contributed by atoms with E-state index in [-0.39, 0.29) is 5.75 Å². The molecular formula is C14H20ClNO2. The Hall–Kier alpha value is -0.930. The second kappa shape index (κ2) is 5.81. The lowest BCUT2D eigenvalue weighted by Gasteiger charge is -2.10. The van der Waals surface area contributed by atoms with Gasteiger partial charge in [0.2, 0.25) is 0 Å². The molecule has 18 heavy (non-hydrogen) atoms. The number of methoxy groups -OCH3 is 1. The fourth-order valence-electron chi connectivity index (χ4n) is 2.35. The summed E-state index contributed by atoms with van der Waals surface area (Å²) in [4.78, 5) is 0. The van der Waals surface area contributed by atoms with Gasteiger partial charge in [0.05, 0.1) is 7.11 Å². The van der Waals surface area contributed by atoms with Crippen molar-refractivity contribution in [2.75, 3.05) is 7.11 Å². The molecule has 0 heterocycles. The number of halogens is 1. The van der Waals surface area contributed by atoms with Crippen LogP contribution in [0.5, 0.6) is 11.5 Å². The van der Waals surface area contributed by atoms with Crippen molar-refractivity contribution in [3.05, 3.63) is 22.7 Å². The van der Waals surface area contributed by atoms with E-state index in [1.165, 1.54) is 26.4 Å². The van der Waals surface area contributed by atoms with Crippen molar-refractivity contribution in [2.45, 2.75) is 38.8 Å². The summed E-state index contributed by atoms with van der Waals surface area (Å²) in [7, 11) is 1.53. The summed E-state index contributed by atoms with van der Waals surface area (Å²) in [6, 6.07) is 4.00. The van der Waals surface area contributed by atoms with E-state index in [0.717, 1.165) is 11.5 Å². The third-order valence-electron chi connectivity index (χ3n) is 3.48. The Morgan fingerprint density at radius 3 is 2.94 bits per heavy atom. The van der Waals surface area contributed by atoms with Crippen LogP contribution in [-0.4, -0.2) is 18.3 Å². The summed E-state index contributed by atoms with van der Waals surface area (Å²) < 4.78 is 5.09. The van der Waals surface area contributed by atoms with Crippen molar-refractivity contribution in [3.8, 4) is 11.5 Å². The van der Waals surface area contributed by atoms with E-state index in [4.69, 9.17) is 16.3 Å². The van der Waals surface area contributed by atoms with Gasteiger partial charge in [-0.2, -0.15) is 0 Å². The first-order valence-corrected chi connectivity index (χ1v) is 6.82. The van der Waals surface area contributed by atoms with Gasteiger partial charge in [0.15, 0.2) is 11.5 Å². The topological polar surface area (TPSA) is 41.5 Å². The number of ether oxygens (including phenoxy) is 1. The van der Waals surface area contributed by atoms with Crippen LogP contribution in [-0.2, 0) is 6.54 Å². The van der Waals surface area contributed by atoms with Crippen molar-refractivity contribution in [2.24, 2.45) is 5.92 Å². The SMILES string of the molecule is CCCC1CC1NCc1cc(Cl)cc(OC)c1O. The van der Waals surface area contributed by atoms with Crippen LogP contribution in [0.25, 0.3) is 0 Å². The largest absolute Gasteiger partial charge is 0.504 e. The Labute approximate surface area is 113 Å². The number of rotatable bonds is 6. The fourth-order valence-corrected chi connectivity index (χ4v) is 2.58. The van der Waals surface area contributed by atoms with Gasteiger partial charge in [-0.1, -0.05) is 24.9 Å². The quantitative estimate of drug-likeness (QED) is 0.832. The molecular weight excluding hydrogens is 250 g/mol. The Morgan fingerprint density at radius 1 is 1.50 bits per heavy atom. The van der Waals surface area contributed by atoms with Crippen LogP contribution in [0.2, 0.25) is 5.02 Å². The molecule has 0 aliphatic heterocycles. The summed E-state index contributed by atoms with van der Waals surface area (Å²) >= 11 is 5.99. The van der Waals surface area contributed by atoms with Crippen LogP contribution in [0, 0.1) is 5.92 Å². The summed E-state index contributed by atoms with van der Waals surface area (Å²) in [5.41, 5.74) is 0.793. The summed E-state index contributed by atoms with van der Waals surface area (Å²) in [6.07, 6.45) is 3.76. The maximum absolute atomic E-state index is 9.99. The lowest BCUT2D eigenvalue weighted by molar-refractivity contribution is 0.369. The average Bonchev–Trinajstić information content (AvgIpc) is 3.09. The van der Waals surface area contributed by atoms with Crippen molar-refractivity contribution < 1.29 is 9.84 Å². The Bertz CT molecular complexity index is 423. The van der Waals surface area contributed by atoms with Gasteiger partial charge >= 0.3 is 0 Å². The van der Waals surface area contributed by atoms with Gasteiger partial charge in [0.1, 0.15) is 0 Å². The molecule has 0 aromatic heterocycles. The highest BCUT2D eigenvalue weighted by molar-refractivity contribution is 6.30. The Morgan fingerprint density at radius 2 is 2.28 bits per heavy atom. The molecule has 1 aliphatic carbocycles. The predicted molar refractivity (Wildman–Crippen MR) is 73.3 cm³/mol. The standard InChI is InChI=1S/C14H20ClNO2/c1-3-4-9-6-12(9)16-8-10-5-11(15)7-13(18-2)14(10)17/h5,7,9,12,16-17H,3-4,6,8H2,1-2H3. The minimum atomic E-state index is 0.182. The highest BCUT2D eigenvalue weighted by atomic mass is 35.5. The third kappa shape index (κ3) is 3.09. The molecule has 0 amide bonds. The van der Waals surface area contributed by atoms with Crippen LogP contribution in [0.1, 0.15) is 31.7 Å². The van der Waals surface area contributed by atoms with Crippen molar-refractivity contribution in [3.63, 3.8) is 0 Å². The maximum atomic E-state index is 9.99. The van der Waals surface area contributed by atoms with Crippen LogP contribution in [0.15, 0.2) is 12.1 Å². The summed E-state index contributed by atoms with van der Waals surface area (Å²) in [6.45, 7) is 2.84. The molecule has 1 fully saturated rings. The lowest BCUT2D eigenvalue weighted by atomic mass is 10.1. The van der Waals surface area contributed by atoms with Gasteiger partial charge in [-0.25, -0.2) is 0 Å². The molecule has 1 aromatic rings. The fraction of sp³-hybridized carbons (Fsp3) is 0.571.